The number of halogens is 2. The van der Waals surface area contributed by atoms with Gasteiger partial charge in [-0.3, -0.25) is 4.79 Å². The van der Waals surface area contributed by atoms with Crippen LogP contribution >= 0.6 is 11.6 Å². The normalized spacial score (nSPS) is 19.1. The summed E-state index contributed by atoms with van der Waals surface area (Å²) >= 11 is 6.33. The third-order valence-electron chi connectivity index (χ3n) is 4.51. The molecule has 2 aromatic carbocycles. The van der Waals surface area contributed by atoms with E-state index in [0.717, 1.165) is 12.1 Å². The summed E-state index contributed by atoms with van der Waals surface area (Å²) in [6, 6.07) is 13.7. The van der Waals surface area contributed by atoms with Gasteiger partial charge < -0.3 is 10.2 Å². The highest BCUT2D eigenvalue weighted by Gasteiger charge is 2.32. The minimum Gasteiger partial charge on any atom is -0.333 e. The molecule has 1 fully saturated rings. The molecule has 0 spiro atoms. The number of hydrogen-bond donors (Lipinski definition) is 1. The zero-order valence-electron chi connectivity index (χ0n) is 13.5. The van der Waals surface area contributed by atoms with Crippen LogP contribution in [0.25, 0.3) is 0 Å². The lowest BCUT2D eigenvalue weighted by Crippen LogP contribution is -2.49. The molecular formula is C19H20ClFN2O. The van der Waals surface area contributed by atoms with Crippen LogP contribution in [0.4, 0.5) is 4.39 Å². The van der Waals surface area contributed by atoms with E-state index in [-0.39, 0.29) is 17.8 Å². The van der Waals surface area contributed by atoms with Gasteiger partial charge in [0.25, 0.3) is 0 Å². The van der Waals surface area contributed by atoms with E-state index in [0.29, 0.717) is 23.7 Å². The summed E-state index contributed by atoms with van der Waals surface area (Å²) in [6.07, 6.45) is 0. The van der Waals surface area contributed by atoms with Gasteiger partial charge >= 0.3 is 0 Å². The SMILES string of the molecule is CC(C(=O)N1CCNCC1c1ccccc1Cl)c1cccc(F)c1. The van der Waals surface area contributed by atoms with Crippen LogP contribution in [0.15, 0.2) is 48.5 Å². The minimum absolute atomic E-state index is 0.00739. The van der Waals surface area contributed by atoms with Crippen molar-refractivity contribution in [2.75, 3.05) is 19.6 Å². The molecule has 1 N–H and O–H groups in total. The molecule has 3 rings (SSSR count). The zero-order valence-corrected chi connectivity index (χ0v) is 14.3. The lowest BCUT2D eigenvalue weighted by atomic mass is 9.96. The maximum Gasteiger partial charge on any atom is 0.230 e. The lowest BCUT2D eigenvalue weighted by Gasteiger charge is -2.38. The topological polar surface area (TPSA) is 32.3 Å². The quantitative estimate of drug-likeness (QED) is 0.917. The van der Waals surface area contributed by atoms with Crippen molar-refractivity contribution in [2.24, 2.45) is 0 Å². The third-order valence-corrected chi connectivity index (χ3v) is 4.85. The average molecular weight is 347 g/mol. The molecule has 5 heteroatoms. The van der Waals surface area contributed by atoms with Crippen LogP contribution in [-0.4, -0.2) is 30.4 Å². The first kappa shape index (κ1) is 16.9. The molecule has 2 unspecified atom stereocenters. The molecule has 0 bridgehead atoms. The van der Waals surface area contributed by atoms with Crippen molar-refractivity contribution < 1.29 is 9.18 Å². The zero-order chi connectivity index (χ0) is 17.1. The Kier molecular flexibility index (Phi) is 5.17. The standard InChI is InChI=1S/C19H20ClFN2O/c1-13(14-5-4-6-15(21)11-14)19(24)23-10-9-22-12-18(23)16-7-2-3-8-17(16)20/h2-8,11,13,18,22H,9-10,12H2,1H3. The van der Waals surface area contributed by atoms with Crippen molar-refractivity contribution >= 4 is 17.5 Å². The molecule has 1 amide bonds. The smallest absolute Gasteiger partial charge is 0.230 e. The Bertz CT molecular complexity index is 737. The molecular weight excluding hydrogens is 327 g/mol. The minimum atomic E-state index is -0.399. The number of rotatable bonds is 3. The molecule has 1 aliphatic heterocycles. The van der Waals surface area contributed by atoms with Crippen molar-refractivity contribution in [2.45, 2.75) is 18.9 Å². The van der Waals surface area contributed by atoms with Crippen LogP contribution in [0, 0.1) is 5.82 Å². The second-order valence-electron chi connectivity index (χ2n) is 6.05. The predicted octanol–water partition coefficient (Wildman–Crippen LogP) is 3.76. The van der Waals surface area contributed by atoms with E-state index < -0.39 is 5.92 Å². The van der Waals surface area contributed by atoms with E-state index in [4.69, 9.17) is 11.6 Å². The van der Waals surface area contributed by atoms with Gasteiger partial charge in [0, 0.05) is 24.7 Å². The van der Waals surface area contributed by atoms with Crippen LogP contribution < -0.4 is 5.32 Å². The van der Waals surface area contributed by atoms with E-state index in [1.807, 2.05) is 36.1 Å². The number of benzene rings is 2. The summed E-state index contributed by atoms with van der Waals surface area (Å²) in [5.41, 5.74) is 1.63. The summed E-state index contributed by atoms with van der Waals surface area (Å²) in [7, 11) is 0. The largest absolute Gasteiger partial charge is 0.333 e. The molecule has 24 heavy (non-hydrogen) atoms. The predicted molar refractivity (Wildman–Crippen MR) is 93.6 cm³/mol. The fraction of sp³-hybridized carbons (Fsp3) is 0.316. The van der Waals surface area contributed by atoms with Crippen LogP contribution in [0.1, 0.15) is 30.0 Å². The molecule has 126 valence electrons. The van der Waals surface area contributed by atoms with Gasteiger partial charge in [0.05, 0.1) is 12.0 Å². The number of carbonyl (C=O) groups excluding carboxylic acids is 1. The van der Waals surface area contributed by atoms with E-state index >= 15 is 0 Å². The maximum absolute atomic E-state index is 13.5. The van der Waals surface area contributed by atoms with Gasteiger partial charge in [0.2, 0.25) is 5.91 Å². The molecule has 1 heterocycles. The molecule has 0 aliphatic carbocycles. The summed E-state index contributed by atoms with van der Waals surface area (Å²) in [5.74, 6) is -0.731. The van der Waals surface area contributed by atoms with Gasteiger partial charge in [-0.2, -0.15) is 0 Å². The van der Waals surface area contributed by atoms with Gasteiger partial charge in [0.15, 0.2) is 0 Å². The summed E-state index contributed by atoms with van der Waals surface area (Å²) in [6.45, 7) is 3.82. The average Bonchev–Trinajstić information content (AvgIpc) is 2.61. The molecule has 2 aromatic rings. The Morgan fingerprint density at radius 3 is 2.83 bits per heavy atom. The highest BCUT2D eigenvalue weighted by atomic mass is 35.5. The van der Waals surface area contributed by atoms with Crippen molar-refractivity contribution in [3.63, 3.8) is 0 Å². The number of carbonyl (C=O) groups is 1. The van der Waals surface area contributed by atoms with Crippen LogP contribution in [0.5, 0.6) is 0 Å². The molecule has 0 aromatic heterocycles. The Labute approximate surface area is 146 Å². The first-order valence-corrected chi connectivity index (χ1v) is 8.47. The third kappa shape index (κ3) is 3.45. The first-order valence-electron chi connectivity index (χ1n) is 8.09. The highest BCUT2D eigenvalue weighted by Crippen LogP contribution is 2.31. The second kappa shape index (κ2) is 7.32. The molecule has 0 saturated carbocycles. The molecule has 0 radical (unpaired) electrons. The fourth-order valence-corrected chi connectivity index (χ4v) is 3.42. The van der Waals surface area contributed by atoms with Gasteiger partial charge in [-0.1, -0.05) is 41.9 Å². The Morgan fingerprint density at radius 2 is 2.08 bits per heavy atom. The molecule has 1 saturated heterocycles. The van der Waals surface area contributed by atoms with Gasteiger partial charge in [-0.15, -0.1) is 0 Å². The Morgan fingerprint density at radius 1 is 1.29 bits per heavy atom. The second-order valence-corrected chi connectivity index (χ2v) is 6.46. The van der Waals surface area contributed by atoms with Gasteiger partial charge in [-0.25, -0.2) is 4.39 Å². The van der Waals surface area contributed by atoms with E-state index in [2.05, 4.69) is 5.32 Å². The van der Waals surface area contributed by atoms with Crippen LogP contribution in [0.3, 0.4) is 0 Å². The van der Waals surface area contributed by atoms with E-state index in [1.54, 1.807) is 12.1 Å². The van der Waals surface area contributed by atoms with Crippen LogP contribution in [0.2, 0.25) is 5.02 Å². The van der Waals surface area contributed by atoms with Crippen molar-refractivity contribution in [1.82, 2.24) is 10.2 Å². The van der Waals surface area contributed by atoms with Gasteiger partial charge in [-0.05, 0) is 36.2 Å². The lowest BCUT2D eigenvalue weighted by molar-refractivity contribution is -0.135. The van der Waals surface area contributed by atoms with Crippen molar-refractivity contribution in [3.8, 4) is 0 Å². The number of hydrogen-bond acceptors (Lipinski definition) is 2. The number of nitrogens with zero attached hydrogens (tertiary/aromatic N) is 1. The summed E-state index contributed by atoms with van der Waals surface area (Å²) in [5, 5.41) is 3.98. The number of amides is 1. The Hall–Kier alpha value is -1.91. The maximum atomic E-state index is 13.5. The van der Waals surface area contributed by atoms with Gasteiger partial charge in [0.1, 0.15) is 5.82 Å². The monoisotopic (exact) mass is 346 g/mol. The highest BCUT2D eigenvalue weighted by molar-refractivity contribution is 6.31. The molecule has 3 nitrogen and oxygen atoms in total. The summed E-state index contributed by atoms with van der Waals surface area (Å²) < 4.78 is 13.5. The fourth-order valence-electron chi connectivity index (χ4n) is 3.16. The number of piperazine rings is 1. The van der Waals surface area contributed by atoms with E-state index in [1.165, 1.54) is 12.1 Å². The molecule has 1 aliphatic rings. The first-order chi connectivity index (χ1) is 11.6. The van der Waals surface area contributed by atoms with Crippen molar-refractivity contribution in [1.29, 1.82) is 0 Å². The Balaban J connectivity index is 1.87. The van der Waals surface area contributed by atoms with Crippen molar-refractivity contribution in [3.05, 3.63) is 70.5 Å². The van der Waals surface area contributed by atoms with Crippen LogP contribution in [-0.2, 0) is 4.79 Å². The van der Waals surface area contributed by atoms with E-state index in [9.17, 15) is 9.18 Å². The number of nitrogens with one attached hydrogen (secondary N) is 1. The molecule has 2 atom stereocenters. The summed E-state index contributed by atoms with van der Waals surface area (Å²) in [4.78, 5) is 14.9.